The maximum Gasteiger partial charge on any atom is 0.336 e. The van der Waals surface area contributed by atoms with Crippen LogP contribution in [0.3, 0.4) is 0 Å². The first-order valence-corrected chi connectivity index (χ1v) is 7.40. The summed E-state index contributed by atoms with van der Waals surface area (Å²) in [6.07, 6.45) is 0.528. The van der Waals surface area contributed by atoms with Crippen LogP contribution in [0.4, 0.5) is 11.4 Å². The van der Waals surface area contributed by atoms with E-state index in [0.717, 1.165) is 11.3 Å². The predicted molar refractivity (Wildman–Crippen MR) is 89.6 cm³/mol. The van der Waals surface area contributed by atoms with Gasteiger partial charge in [-0.3, -0.25) is 4.79 Å². The summed E-state index contributed by atoms with van der Waals surface area (Å²) in [5.74, 6) is -1.23. The van der Waals surface area contributed by atoms with E-state index in [9.17, 15) is 14.7 Å². The first-order chi connectivity index (χ1) is 11.0. The number of benzene rings is 2. The number of carboxylic acid groups (broad SMARTS) is 1. The molecule has 0 spiro atoms. The van der Waals surface area contributed by atoms with E-state index in [1.165, 1.54) is 6.07 Å². The summed E-state index contributed by atoms with van der Waals surface area (Å²) in [5.41, 5.74) is 3.08. The quantitative estimate of drug-likeness (QED) is 0.908. The Hall–Kier alpha value is -2.82. The van der Waals surface area contributed by atoms with Gasteiger partial charge in [0, 0.05) is 31.9 Å². The molecule has 118 valence electrons. The Labute approximate surface area is 134 Å². The molecule has 1 unspecified atom stereocenters. The summed E-state index contributed by atoms with van der Waals surface area (Å²) in [5, 5.41) is 12.4. The Balaban J connectivity index is 1.82. The predicted octanol–water partition coefficient (Wildman–Crippen LogP) is 2.67. The number of aromatic carboxylic acids is 1. The fourth-order valence-corrected chi connectivity index (χ4v) is 2.85. The van der Waals surface area contributed by atoms with Crippen molar-refractivity contribution in [1.82, 2.24) is 0 Å². The molecule has 0 saturated heterocycles. The SMILES string of the molecule is CN(C)c1ccc(CC2Nc3cccc(C(=O)O)c3C2=O)cc1. The Morgan fingerprint density at radius 3 is 2.48 bits per heavy atom. The van der Waals surface area contributed by atoms with Crippen LogP contribution in [0.1, 0.15) is 26.3 Å². The molecule has 2 N–H and O–H groups in total. The molecule has 0 fully saturated rings. The molecular weight excluding hydrogens is 292 g/mol. The number of hydrogen-bond donors (Lipinski definition) is 2. The monoisotopic (exact) mass is 310 g/mol. The van der Waals surface area contributed by atoms with Gasteiger partial charge in [-0.2, -0.15) is 0 Å². The number of nitrogens with zero attached hydrogens (tertiary/aromatic N) is 1. The molecule has 1 aliphatic rings. The number of fused-ring (bicyclic) bond motifs is 1. The lowest BCUT2D eigenvalue weighted by atomic mass is 9.98. The first kappa shape index (κ1) is 15.1. The number of carboxylic acids is 1. The van der Waals surface area contributed by atoms with Crippen molar-refractivity contribution in [2.24, 2.45) is 0 Å². The van der Waals surface area contributed by atoms with E-state index in [2.05, 4.69) is 5.32 Å². The Morgan fingerprint density at radius 1 is 1.17 bits per heavy atom. The highest BCUT2D eigenvalue weighted by Crippen LogP contribution is 2.30. The van der Waals surface area contributed by atoms with Crippen molar-refractivity contribution < 1.29 is 14.7 Å². The summed E-state index contributed by atoms with van der Waals surface area (Å²) in [6.45, 7) is 0. The van der Waals surface area contributed by atoms with Gasteiger partial charge in [-0.1, -0.05) is 18.2 Å². The highest BCUT2D eigenvalue weighted by Gasteiger charge is 2.33. The lowest BCUT2D eigenvalue weighted by molar-refractivity contribution is 0.0692. The molecule has 0 bridgehead atoms. The van der Waals surface area contributed by atoms with Crippen molar-refractivity contribution in [3.8, 4) is 0 Å². The molecule has 1 atom stereocenters. The Bertz CT molecular complexity index is 766. The molecule has 0 aromatic heterocycles. The van der Waals surface area contributed by atoms with Crippen molar-refractivity contribution in [1.29, 1.82) is 0 Å². The minimum Gasteiger partial charge on any atom is -0.478 e. The zero-order valence-electron chi connectivity index (χ0n) is 13.0. The molecule has 5 heteroatoms. The van der Waals surface area contributed by atoms with Gasteiger partial charge in [0.25, 0.3) is 0 Å². The standard InChI is InChI=1S/C18H18N2O3/c1-20(2)12-8-6-11(7-9-12)10-15-17(21)16-13(18(22)23)4-3-5-14(16)19-15/h3-9,15,19H,10H2,1-2H3,(H,22,23). The fourth-order valence-electron chi connectivity index (χ4n) is 2.85. The van der Waals surface area contributed by atoms with Crippen LogP contribution in [-0.4, -0.2) is 37.0 Å². The van der Waals surface area contributed by atoms with Crippen LogP contribution < -0.4 is 10.2 Å². The minimum absolute atomic E-state index is 0.0606. The molecule has 0 saturated carbocycles. The minimum atomic E-state index is -1.08. The van der Waals surface area contributed by atoms with Crippen molar-refractivity contribution in [2.45, 2.75) is 12.5 Å². The van der Waals surface area contributed by atoms with Crippen LogP contribution in [-0.2, 0) is 6.42 Å². The molecule has 0 aliphatic carbocycles. The van der Waals surface area contributed by atoms with Crippen molar-refractivity contribution >= 4 is 23.1 Å². The van der Waals surface area contributed by atoms with Crippen LogP contribution in [0.25, 0.3) is 0 Å². The largest absolute Gasteiger partial charge is 0.478 e. The van der Waals surface area contributed by atoms with Gasteiger partial charge < -0.3 is 15.3 Å². The van der Waals surface area contributed by atoms with Gasteiger partial charge in [-0.15, -0.1) is 0 Å². The van der Waals surface area contributed by atoms with Crippen molar-refractivity contribution in [3.05, 3.63) is 59.2 Å². The fraction of sp³-hybridized carbons (Fsp3) is 0.222. The smallest absolute Gasteiger partial charge is 0.336 e. The first-order valence-electron chi connectivity index (χ1n) is 7.40. The number of ketones is 1. The van der Waals surface area contributed by atoms with Crippen molar-refractivity contribution in [3.63, 3.8) is 0 Å². The molecule has 0 amide bonds. The number of hydrogen-bond acceptors (Lipinski definition) is 4. The van der Waals surface area contributed by atoms with Gasteiger partial charge in [0.1, 0.15) is 0 Å². The molecule has 23 heavy (non-hydrogen) atoms. The normalized spacial score (nSPS) is 15.9. The average Bonchev–Trinajstić information content (AvgIpc) is 2.84. The lowest BCUT2D eigenvalue weighted by Crippen LogP contribution is -2.25. The summed E-state index contributed by atoms with van der Waals surface area (Å²) in [4.78, 5) is 25.9. The Morgan fingerprint density at radius 2 is 1.87 bits per heavy atom. The zero-order chi connectivity index (χ0) is 16.6. The third kappa shape index (κ3) is 2.77. The zero-order valence-corrected chi connectivity index (χ0v) is 13.0. The van der Waals surface area contributed by atoms with Crippen LogP contribution in [0.5, 0.6) is 0 Å². The highest BCUT2D eigenvalue weighted by atomic mass is 16.4. The number of Topliss-reactive ketones (excluding diaryl/α,β-unsaturated/α-hetero) is 1. The number of carbonyl (C=O) groups is 2. The number of carbonyl (C=O) groups excluding carboxylic acids is 1. The summed E-state index contributed by atoms with van der Waals surface area (Å²) < 4.78 is 0. The molecule has 0 radical (unpaired) electrons. The van der Waals surface area contributed by atoms with Crippen LogP contribution in [0.2, 0.25) is 0 Å². The molecule has 5 nitrogen and oxygen atoms in total. The molecule has 2 aromatic rings. The maximum atomic E-state index is 12.6. The number of nitrogens with one attached hydrogen (secondary N) is 1. The van der Waals surface area contributed by atoms with E-state index in [1.54, 1.807) is 12.1 Å². The highest BCUT2D eigenvalue weighted by molar-refractivity contribution is 6.16. The molecular formula is C18H18N2O3. The van der Waals surface area contributed by atoms with Gasteiger partial charge in [0.15, 0.2) is 5.78 Å². The van der Waals surface area contributed by atoms with Gasteiger partial charge in [-0.05, 0) is 29.8 Å². The third-order valence-corrected chi connectivity index (χ3v) is 4.08. The lowest BCUT2D eigenvalue weighted by Gasteiger charge is -2.14. The molecule has 1 aliphatic heterocycles. The average molecular weight is 310 g/mol. The Kier molecular flexibility index (Phi) is 3.78. The van der Waals surface area contributed by atoms with Gasteiger partial charge >= 0.3 is 5.97 Å². The second-order valence-electron chi connectivity index (χ2n) is 5.86. The topological polar surface area (TPSA) is 69.6 Å². The van der Waals surface area contributed by atoms with Crippen LogP contribution in [0.15, 0.2) is 42.5 Å². The van der Waals surface area contributed by atoms with Gasteiger partial charge in [-0.25, -0.2) is 4.79 Å². The second kappa shape index (κ2) is 5.76. The van der Waals surface area contributed by atoms with Crippen LogP contribution in [0, 0.1) is 0 Å². The third-order valence-electron chi connectivity index (χ3n) is 4.08. The summed E-state index contributed by atoms with van der Waals surface area (Å²) in [7, 11) is 3.95. The number of rotatable bonds is 4. The molecule has 1 heterocycles. The van der Waals surface area contributed by atoms with E-state index >= 15 is 0 Å². The summed E-state index contributed by atoms with van der Waals surface area (Å²) >= 11 is 0. The van der Waals surface area contributed by atoms with E-state index in [1.807, 2.05) is 43.3 Å². The molecule has 3 rings (SSSR count). The summed E-state index contributed by atoms with van der Waals surface area (Å²) in [6, 6.07) is 12.4. The van der Waals surface area contributed by atoms with Gasteiger partial charge in [0.2, 0.25) is 0 Å². The van der Waals surface area contributed by atoms with E-state index in [-0.39, 0.29) is 16.9 Å². The molecule has 2 aromatic carbocycles. The van der Waals surface area contributed by atoms with Crippen molar-refractivity contribution in [2.75, 3.05) is 24.3 Å². The van der Waals surface area contributed by atoms with E-state index < -0.39 is 12.0 Å². The van der Waals surface area contributed by atoms with E-state index in [0.29, 0.717) is 12.1 Å². The van der Waals surface area contributed by atoms with Gasteiger partial charge in [0.05, 0.1) is 17.2 Å². The number of anilines is 2. The van der Waals surface area contributed by atoms with Crippen LogP contribution >= 0.6 is 0 Å². The second-order valence-corrected chi connectivity index (χ2v) is 5.86. The van der Waals surface area contributed by atoms with E-state index in [4.69, 9.17) is 0 Å². The maximum absolute atomic E-state index is 12.6.